The van der Waals surface area contributed by atoms with Crippen molar-refractivity contribution < 1.29 is 9.59 Å². The first-order chi connectivity index (χ1) is 20.5. The van der Waals surface area contributed by atoms with Crippen LogP contribution in [-0.2, 0) is 10.8 Å². The number of hydrogen-bond acceptors (Lipinski definition) is 2. The topological polar surface area (TPSA) is 38.5 Å². The average Bonchev–Trinajstić information content (AvgIpc) is 3.43. The average molecular weight is 564 g/mol. The smallest absolute Gasteiger partial charge is 0.169 e. The molecule has 0 amide bonds. The van der Waals surface area contributed by atoms with Crippen LogP contribution in [0.25, 0.3) is 48.9 Å². The third-order valence-electron chi connectivity index (χ3n) is 13.4. The maximum absolute atomic E-state index is 14.3. The van der Waals surface area contributed by atoms with Crippen molar-refractivity contribution in [3.05, 3.63) is 76.9 Å². The van der Waals surface area contributed by atoms with Gasteiger partial charge in [-0.15, -0.1) is 0 Å². The molecule has 2 fully saturated rings. The van der Waals surface area contributed by atoms with Crippen molar-refractivity contribution in [1.29, 1.82) is 0 Å². The fraction of sp³-hybridized carbons (Fsp3) is 0.400. The Kier molecular flexibility index (Phi) is 4.20. The molecule has 12 rings (SSSR count). The SMILES string of the molecule is CC12CCC(C)(CC1)c1cc3c4cc5ccccc5c5c6cc7c(cc6n(c3cc1C2=O)c45)C(=O)C1(C)CCC7(C)CC1. The van der Waals surface area contributed by atoms with E-state index in [4.69, 9.17) is 0 Å². The van der Waals surface area contributed by atoms with E-state index < -0.39 is 0 Å². The highest BCUT2D eigenvalue weighted by Gasteiger charge is 2.50. The van der Waals surface area contributed by atoms with Crippen molar-refractivity contribution in [3.63, 3.8) is 0 Å². The minimum absolute atomic E-state index is 0.0208. The minimum atomic E-state index is -0.279. The van der Waals surface area contributed by atoms with Gasteiger partial charge in [0.05, 0.1) is 16.6 Å². The van der Waals surface area contributed by atoms with E-state index in [1.807, 2.05) is 0 Å². The molecule has 6 aliphatic rings. The first-order valence-corrected chi connectivity index (χ1v) is 16.4. The summed E-state index contributed by atoms with van der Waals surface area (Å²) in [7, 11) is 0. The van der Waals surface area contributed by atoms with Gasteiger partial charge in [-0.2, -0.15) is 0 Å². The van der Waals surface area contributed by atoms with Gasteiger partial charge in [-0.1, -0.05) is 52.0 Å². The fourth-order valence-corrected chi connectivity index (χ4v) is 10.1. The van der Waals surface area contributed by atoms with Crippen LogP contribution in [0.15, 0.2) is 54.6 Å². The van der Waals surface area contributed by atoms with Crippen LogP contribution in [0.5, 0.6) is 0 Å². The van der Waals surface area contributed by atoms with E-state index in [1.54, 1.807) is 0 Å². The van der Waals surface area contributed by atoms with Gasteiger partial charge in [0, 0.05) is 43.5 Å². The predicted octanol–water partition coefficient (Wildman–Crippen LogP) is 10.1. The Balaban J connectivity index is 1.42. The fourth-order valence-electron chi connectivity index (χ4n) is 10.1. The van der Waals surface area contributed by atoms with Gasteiger partial charge in [0.1, 0.15) is 0 Å². The molecular formula is C40H37NO2. The zero-order valence-electron chi connectivity index (χ0n) is 25.6. The van der Waals surface area contributed by atoms with Gasteiger partial charge in [-0.3, -0.25) is 9.59 Å². The van der Waals surface area contributed by atoms with E-state index in [2.05, 4.69) is 86.7 Å². The molecule has 43 heavy (non-hydrogen) atoms. The number of fused-ring (bicyclic) bond motifs is 12. The number of hydrogen-bond donors (Lipinski definition) is 0. The van der Waals surface area contributed by atoms with Crippen LogP contribution < -0.4 is 0 Å². The van der Waals surface area contributed by atoms with Gasteiger partial charge in [0.25, 0.3) is 0 Å². The van der Waals surface area contributed by atoms with Crippen LogP contribution in [0.4, 0.5) is 0 Å². The predicted molar refractivity (Wildman–Crippen MR) is 175 cm³/mol. The van der Waals surface area contributed by atoms with E-state index in [1.165, 1.54) is 49.0 Å². The minimum Gasteiger partial charge on any atom is -0.308 e. The summed E-state index contributed by atoms with van der Waals surface area (Å²) in [4.78, 5) is 28.5. The normalized spacial score (nSPS) is 31.9. The molecule has 6 aromatic rings. The second-order valence-electron chi connectivity index (χ2n) is 15.9. The highest BCUT2D eigenvalue weighted by atomic mass is 16.1. The third kappa shape index (κ3) is 2.75. The number of rotatable bonds is 0. The Labute approximate surface area is 251 Å². The molecule has 4 bridgehead atoms. The Morgan fingerprint density at radius 1 is 0.535 bits per heavy atom. The number of aromatic nitrogens is 1. The summed E-state index contributed by atoms with van der Waals surface area (Å²) in [6.07, 6.45) is 8.11. The van der Waals surface area contributed by atoms with Gasteiger partial charge in [-0.25, -0.2) is 0 Å². The molecule has 0 N–H and O–H groups in total. The van der Waals surface area contributed by atoms with Crippen LogP contribution in [0.2, 0.25) is 0 Å². The summed E-state index contributed by atoms with van der Waals surface area (Å²) in [5, 5.41) is 7.51. The standard InChI is InChI=1S/C40H37NO2/c1-37-9-13-39(3,14-10-37)35(42)26-20-31-24(18-29(26)37)25-17-22-7-5-6-8-23(22)33-28-19-30-27(21-32(28)41(31)34(25)33)36(43)40(4)15-11-38(30,2)12-16-40/h5-8,17-21H,9-16H2,1-4H3. The largest absolute Gasteiger partial charge is 0.308 e. The van der Waals surface area contributed by atoms with Gasteiger partial charge in [0.2, 0.25) is 0 Å². The van der Waals surface area contributed by atoms with E-state index in [-0.39, 0.29) is 21.7 Å². The number of benzene rings is 4. The lowest BCUT2D eigenvalue weighted by Gasteiger charge is -2.38. The molecule has 0 spiro atoms. The van der Waals surface area contributed by atoms with Gasteiger partial charge in [-0.05, 0) is 114 Å². The van der Waals surface area contributed by atoms with Crippen molar-refractivity contribution in [2.24, 2.45) is 10.8 Å². The lowest BCUT2D eigenvalue weighted by molar-refractivity contribution is 0.0726. The van der Waals surface area contributed by atoms with Crippen molar-refractivity contribution in [3.8, 4) is 0 Å². The van der Waals surface area contributed by atoms with Gasteiger partial charge >= 0.3 is 0 Å². The molecule has 214 valence electrons. The lowest BCUT2D eigenvalue weighted by atomic mass is 9.65. The van der Waals surface area contributed by atoms with E-state index in [9.17, 15) is 9.59 Å². The van der Waals surface area contributed by atoms with Crippen LogP contribution in [-0.4, -0.2) is 16.0 Å². The Morgan fingerprint density at radius 3 is 1.60 bits per heavy atom. The zero-order valence-corrected chi connectivity index (χ0v) is 25.6. The zero-order chi connectivity index (χ0) is 29.3. The second kappa shape index (κ2) is 7.32. The van der Waals surface area contributed by atoms with Crippen molar-refractivity contribution in [2.45, 2.75) is 89.9 Å². The van der Waals surface area contributed by atoms with Gasteiger partial charge < -0.3 is 4.40 Å². The Bertz CT molecular complexity index is 2280. The van der Waals surface area contributed by atoms with E-state index in [0.29, 0.717) is 11.6 Å². The summed E-state index contributed by atoms with van der Waals surface area (Å²) in [5.41, 5.74) is 7.27. The summed E-state index contributed by atoms with van der Waals surface area (Å²) in [6.45, 7) is 9.15. The van der Waals surface area contributed by atoms with Crippen LogP contribution in [0.3, 0.4) is 0 Å². The molecule has 0 unspecified atom stereocenters. The summed E-state index contributed by atoms with van der Waals surface area (Å²) in [6, 6.07) is 20.4. The van der Waals surface area contributed by atoms with Crippen molar-refractivity contribution in [2.75, 3.05) is 0 Å². The maximum Gasteiger partial charge on any atom is 0.169 e. The van der Waals surface area contributed by atoms with Crippen LogP contribution in [0.1, 0.15) is 111 Å². The van der Waals surface area contributed by atoms with Crippen LogP contribution in [0, 0.1) is 10.8 Å². The molecule has 0 saturated heterocycles. The summed E-state index contributed by atoms with van der Waals surface area (Å²) >= 11 is 0. The molecule has 0 aliphatic heterocycles. The number of ketones is 2. The molecule has 0 atom stereocenters. The highest BCUT2D eigenvalue weighted by Crippen LogP contribution is 2.57. The van der Waals surface area contributed by atoms with Gasteiger partial charge in [0.15, 0.2) is 11.6 Å². The molecule has 3 heteroatoms. The summed E-state index contributed by atoms with van der Waals surface area (Å²) < 4.78 is 2.41. The van der Waals surface area contributed by atoms with Crippen molar-refractivity contribution in [1.82, 2.24) is 4.40 Å². The second-order valence-corrected chi connectivity index (χ2v) is 15.9. The molecule has 2 heterocycles. The number of Topliss-reactive ketones (excluding diaryl/α,β-unsaturated/α-hetero) is 2. The molecule has 6 aliphatic carbocycles. The highest BCUT2D eigenvalue weighted by molar-refractivity contribution is 6.32. The first kappa shape index (κ1) is 24.7. The lowest BCUT2D eigenvalue weighted by Crippen LogP contribution is -2.33. The maximum atomic E-state index is 14.3. The van der Waals surface area contributed by atoms with Crippen molar-refractivity contribution >= 4 is 60.4 Å². The Morgan fingerprint density at radius 2 is 1.02 bits per heavy atom. The van der Waals surface area contributed by atoms with Crippen LogP contribution >= 0.6 is 0 Å². The number of carbonyl (C=O) groups is 2. The first-order valence-electron chi connectivity index (χ1n) is 16.4. The number of carbonyl (C=O) groups excluding carboxylic acids is 2. The summed E-state index contributed by atoms with van der Waals surface area (Å²) in [5.74, 6) is 0.642. The Hall–Kier alpha value is -3.72. The molecule has 3 nitrogen and oxygen atoms in total. The van der Waals surface area contributed by atoms with E-state index >= 15 is 0 Å². The van der Waals surface area contributed by atoms with E-state index in [0.717, 1.165) is 73.5 Å². The monoisotopic (exact) mass is 563 g/mol. The number of nitrogens with zero attached hydrogens (tertiary/aromatic N) is 1. The quantitative estimate of drug-likeness (QED) is 0.184. The molecule has 4 aromatic carbocycles. The molecular weight excluding hydrogens is 526 g/mol. The third-order valence-corrected chi connectivity index (χ3v) is 13.4. The molecule has 0 radical (unpaired) electrons. The molecule has 2 saturated carbocycles. The molecule has 2 aromatic heterocycles.